The standard InChI is InChI=1S/C7H10N2O/c1-3-4-9-5-6(2)7(8)10/h3-5H,1H2,2H3,(H2,8,10). The van der Waals surface area contributed by atoms with Crippen molar-refractivity contribution in [2.45, 2.75) is 6.92 Å². The molecule has 0 aliphatic carbocycles. The van der Waals surface area contributed by atoms with E-state index in [1.165, 1.54) is 18.5 Å². The summed E-state index contributed by atoms with van der Waals surface area (Å²) >= 11 is 0. The van der Waals surface area contributed by atoms with Gasteiger partial charge in [0.2, 0.25) is 5.91 Å². The summed E-state index contributed by atoms with van der Waals surface area (Å²) in [6.07, 6.45) is 4.39. The Bertz CT molecular complexity index is 192. The van der Waals surface area contributed by atoms with Gasteiger partial charge in [0.05, 0.1) is 0 Å². The highest BCUT2D eigenvalue weighted by Crippen LogP contribution is 1.88. The van der Waals surface area contributed by atoms with Crippen LogP contribution in [-0.2, 0) is 4.79 Å². The highest BCUT2D eigenvalue weighted by atomic mass is 16.1. The van der Waals surface area contributed by atoms with E-state index in [4.69, 9.17) is 5.73 Å². The number of primary amides is 1. The van der Waals surface area contributed by atoms with Gasteiger partial charge in [0.15, 0.2) is 0 Å². The normalized spacial score (nSPS) is 11.9. The van der Waals surface area contributed by atoms with Gasteiger partial charge in [0.25, 0.3) is 0 Å². The lowest BCUT2D eigenvalue weighted by atomic mass is 10.3. The molecule has 0 radical (unpaired) electrons. The molecule has 0 aromatic heterocycles. The first-order valence-corrected chi connectivity index (χ1v) is 2.79. The molecule has 0 aromatic rings. The molecule has 3 nitrogen and oxygen atoms in total. The Balaban J connectivity index is 4.04. The highest BCUT2D eigenvalue weighted by Gasteiger charge is 1.92. The molecule has 0 heterocycles. The van der Waals surface area contributed by atoms with Crippen LogP contribution in [-0.4, -0.2) is 12.1 Å². The van der Waals surface area contributed by atoms with Crippen LogP contribution in [0, 0.1) is 0 Å². The van der Waals surface area contributed by atoms with Gasteiger partial charge in [-0.15, -0.1) is 0 Å². The molecule has 0 atom stereocenters. The number of carbonyl (C=O) groups excluding carboxylic acids is 1. The molecule has 0 saturated carbocycles. The number of amides is 1. The van der Waals surface area contributed by atoms with Crippen molar-refractivity contribution in [3.8, 4) is 0 Å². The zero-order chi connectivity index (χ0) is 7.98. The summed E-state index contributed by atoms with van der Waals surface area (Å²) in [5.41, 5.74) is 5.34. The fourth-order valence-corrected chi connectivity index (χ4v) is 0.279. The molecule has 0 rings (SSSR count). The second-order valence-corrected chi connectivity index (χ2v) is 1.71. The lowest BCUT2D eigenvalue weighted by molar-refractivity contribution is -0.114. The second kappa shape index (κ2) is 4.49. The van der Waals surface area contributed by atoms with E-state index in [0.29, 0.717) is 5.57 Å². The number of hydrogen-bond donors (Lipinski definition) is 1. The van der Waals surface area contributed by atoms with Crippen molar-refractivity contribution in [1.29, 1.82) is 0 Å². The van der Waals surface area contributed by atoms with Crippen molar-refractivity contribution in [1.82, 2.24) is 0 Å². The number of allylic oxidation sites excluding steroid dienone is 1. The molecular weight excluding hydrogens is 128 g/mol. The molecule has 0 aliphatic heterocycles. The van der Waals surface area contributed by atoms with Crippen LogP contribution in [0.2, 0.25) is 0 Å². The number of carbonyl (C=O) groups is 1. The maximum absolute atomic E-state index is 10.3. The molecule has 0 aliphatic rings. The van der Waals surface area contributed by atoms with Crippen molar-refractivity contribution < 1.29 is 4.79 Å². The molecule has 0 spiro atoms. The third-order valence-electron chi connectivity index (χ3n) is 0.848. The monoisotopic (exact) mass is 138 g/mol. The average Bonchev–Trinajstić information content (AvgIpc) is 1.88. The third kappa shape index (κ3) is 3.60. The molecule has 2 N–H and O–H groups in total. The second-order valence-electron chi connectivity index (χ2n) is 1.71. The van der Waals surface area contributed by atoms with Crippen molar-refractivity contribution in [2.24, 2.45) is 10.7 Å². The van der Waals surface area contributed by atoms with Crippen molar-refractivity contribution >= 4 is 12.1 Å². The molecule has 0 fully saturated rings. The molecule has 0 saturated heterocycles. The molecule has 54 valence electrons. The van der Waals surface area contributed by atoms with E-state index in [-0.39, 0.29) is 0 Å². The smallest absolute Gasteiger partial charge is 0.245 e. The summed E-state index contributed by atoms with van der Waals surface area (Å²) < 4.78 is 0. The van der Waals surface area contributed by atoms with E-state index >= 15 is 0 Å². The van der Waals surface area contributed by atoms with Crippen LogP contribution in [0.1, 0.15) is 6.92 Å². The maximum Gasteiger partial charge on any atom is 0.245 e. The van der Waals surface area contributed by atoms with Gasteiger partial charge < -0.3 is 5.73 Å². The largest absolute Gasteiger partial charge is 0.366 e. The molecule has 0 aromatic carbocycles. The molecule has 3 heteroatoms. The van der Waals surface area contributed by atoms with Crippen molar-refractivity contribution in [2.75, 3.05) is 0 Å². The minimum atomic E-state index is -0.457. The molecular formula is C7H10N2O. The molecule has 0 bridgehead atoms. The third-order valence-corrected chi connectivity index (χ3v) is 0.848. The minimum Gasteiger partial charge on any atom is -0.366 e. The number of aliphatic imine (C=N–C) groups is 1. The van der Waals surface area contributed by atoms with Crippen LogP contribution in [0.25, 0.3) is 0 Å². The van der Waals surface area contributed by atoms with Crippen LogP contribution < -0.4 is 5.73 Å². The van der Waals surface area contributed by atoms with Gasteiger partial charge in [-0.25, -0.2) is 0 Å². The van der Waals surface area contributed by atoms with Crippen LogP contribution in [0.4, 0.5) is 0 Å². The van der Waals surface area contributed by atoms with Crippen LogP contribution >= 0.6 is 0 Å². The van der Waals surface area contributed by atoms with Crippen molar-refractivity contribution in [3.05, 3.63) is 24.4 Å². The van der Waals surface area contributed by atoms with Gasteiger partial charge in [-0.3, -0.25) is 9.79 Å². The summed E-state index contributed by atoms with van der Waals surface area (Å²) in [5.74, 6) is -0.457. The topological polar surface area (TPSA) is 55.4 Å². The Kier molecular flexibility index (Phi) is 3.87. The Morgan fingerprint density at radius 3 is 2.70 bits per heavy atom. The van der Waals surface area contributed by atoms with E-state index in [1.807, 2.05) is 0 Å². The summed E-state index contributed by atoms with van der Waals surface area (Å²) in [5, 5.41) is 0. The Hall–Kier alpha value is -1.38. The Labute approximate surface area is 59.9 Å². The number of rotatable bonds is 3. The van der Waals surface area contributed by atoms with Gasteiger partial charge in [-0.1, -0.05) is 12.7 Å². The van der Waals surface area contributed by atoms with Crippen LogP contribution in [0.15, 0.2) is 29.4 Å². The van der Waals surface area contributed by atoms with E-state index < -0.39 is 5.91 Å². The summed E-state index contributed by atoms with van der Waals surface area (Å²) in [4.78, 5) is 14.1. The van der Waals surface area contributed by atoms with Gasteiger partial charge in [0, 0.05) is 18.0 Å². The SMILES string of the molecule is C=CC=NC=C(C)C(N)=O. The first kappa shape index (κ1) is 8.62. The van der Waals surface area contributed by atoms with E-state index in [1.54, 1.807) is 6.92 Å². The lowest BCUT2D eigenvalue weighted by Crippen LogP contribution is -2.11. The zero-order valence-electron chi connectivity index (χ0n) is 5.87. The Morgan fingerprint density at radius 2 is 2.30 bits per heavy atom. The molecule has 10 heavy (non-hydrogen) atoms. The highest BCUT2D eigenvalue weighted by molar-refractivity contribution is 5.91. The quantitative estimate of drug-likeness (QED) is 0.451. The van der Waals surface area contributed by atoms with Gasteiger partial charge in [0.1, 0.15) is 0 Å². The molecule has 1 amide bonds. The van der Waals surface area contributed by atoms with Gasteiger partial charge in [-0.05, 0) is 6.92 Å². The Morgan fingerprint density at radius 1 is 1.70 bits per heavy atom. The fourth-order valence-electron chi connectivity index (χ4n) is 0.279. The van der Waals surface area contributed by atoms with E-state index in [9.17, 15) is 4.79 Å². The maximum atomic E-state index is 10.3. The number of nitrogens with two attached hydrogens (primary N) is 1. The van der Waals surface area contributed by atoms with Crippen LogP contribution in [0.3, 0.4) is 0 Å². The number of nitrogens with zero attached hydrogens (tertiary/aromatic N) is 1. The fraction of sp³-hybridized carbons (Fsp3) is 0.143. The summed E-state index contributed by atoms with van der Waals surface area (Å²) in [6, 6.07) is 0. The van der Waals surface area contributed by atoms with Crippen LogP contribution in [0.5, 0.6) is 0 Å². The summed E-state index contributed by atoms with van der Waals surface area (Å²) in [7, 11) is 0. The van der Waals surface area contributed by atoms with Gasteiger partial charge >= 0.3 is 0 Å². The first-order valence-electron chi connectivity index (χ1n) is 2.79. The molecule has 0 unspecified atom stereocenters. The lowest BCUT2D eigenvalue weighted by Gasteiger charge is -1.86. The number of hydrogen-bond acceptors (Lipinski definition) is 2. The average molecular weight is 138 g/mol. The van der Waals surface area contributed by atoms with E-state index in [0.717, 1.165) is 0 Å². The van der Waals surface area contributed by atoms with Crippen molar-refractivity contribution in [3.63, 3.8) is 0 Å². The minimum absolute atomic E-state index is 0.429. The van der Waals surface area contributed by atoms with E-state index in [2.05, 4.69) is 11.6 Å². The van der Waals surface area contributed by atoms with Gasteiger partial charge in [-0.2, -0.15) is 0 Å². The predicted octanol–water partition coefficient (Wildman–Crippen LogP) is 0.632. The zero-order valence-corrected chi connectivity index (χ0v) is 5.87. The summed E-state index contributed by atoms with van der Waals surface area (Å²) in [6.45, 7) is 5.01. The predicted molar refractivity (Wildman–Crippen MR) is 41.6 cm³/mol. The first-order chi connectivity index (χ1) is 4.68.